The molecule has 2 amide bonds. The van der Waals surface area contributed by atoms with E-state index in [4.69, 9.17) is 5.73 Å². The predicted octanol–water partition coefficient (Wildman–Crippen LogP) is -0.314. The number of amides is 2. The van der Waals surface area contributed by atoms with Crippen molar-refractivity contribution in [3.63, 3.8) is 0 Å². The second-order valence-corrected chi connectivity index (χ2v) is 6.52. The van der Waals surface area contributed by atoms with Gasteiger partial charge in [-0.1, -0.05) is 11.8 Å². The minimum Gasteiger partial charge on any atom is -0.368 e. The number of primary amides is 1. The van der Waals surface area contributed by atoms with Crippen LogP contribution in [0.2, 0.25) is 0 Å². The standard InChI is InChI=1S/C12H16N4O3S2/c1-20-4-2-8(9(13)17)15-10(18)7-6-14-12-16(11(7)19)3-5-21-12/h6,8H,2-5H2,1H3,(H2,13,17)(H,15,18)/t8-/m0/s1. The van der Waals surface area contributed by atoms with E-state index in [-0.39, 0.29) is 11.1 Å². The molecule has 0 aliphatic carbocycles. The van der Waals surface area contributed by atoms with Crippen molar-refractivity contribution < 1.29 is 9.59 Å². The van der Waals surface area contributed by atoms with Gasteiger partial charge in [0.15, 0.2) is 5.16 Å². The van der Waals surface area contributed by atoms with Crippen molar-refractivity contribution in [3.05, 3.63) is 22.1 Å². The lowest BCUT2D eigenvalue weighted by Crippen LogP contribution is -2.46. The first-order chi connectivity index (χ1) is 10.0. The van der Waals surface area contributed by atoms with Crippen LogP contribution in [0.5, 0.6) is 0 Å². The average molecular weight is 328 g/mol. The van der Waals surface area contributed by atoms with Gasteiger partial charge in [0.05, 0.1) is 0 Å². The van der Waals surface area contributed by atoms with Gasteiger partial charge < -0.3 is 11.1 Å². The summed E-state index contributed by atoms with van der Waals surface area (Å²) in [6.07, 6.45) is 3.58. The molecule has 1 atom stereocenters. The first-order valence-corrected chi connectivity index (χ1v) is 8.74. The number of thioether (sulfide) groups is 2. The number of nitrogens with two attached hydrogens (primary N) is 1. The molecule has 0 aromatic carbocycles. The second-order valence-electron chi connectivity index (χ2n) is 4.47. The van der Waals surface area contributed by atoms with E-state index in [0.29, 0.717) is 23.9 Å². The summed E-state index contributed by atoms with van der Waals surface area (Å²) in [4.78, 5) is 39.8. The van der Waals surface area contributed by atoms with Crippen LogP contribution >= 0.6 is 23.5 Å². The Bertz CT molecular complexity index is 617. The Morgan fingerprint density at radius 1 is 1.62 bits per heavy atom. The molecule has 1 aliphatic rings. The van der Waals surface area contributed by atoms with Crippen molar-refractivity contribution in [1.82, 2.24) is 14.9 Å². The largest absolute Gasteiger partial charge is 0.368 e. The van der Waals surface area contributed by atoms with Crippen molar-refractivity contribution in [3.8, 4) is 0 Å². The summed E-state index contributed by atoms with van der Waals surface area (Å²) in [6, 6.07) is -0.781. The van der Waals surface area contributed by atoms with Gasteiger partial charge in [0, 0.05) is 18.5 Å². The molecule has 0 saturated carbocycles. The lowest BCUT2D eigenvalue weighted by Gasteiger charge is -2.14. The van der Waals surface area contributed by atoms with Gasteiger partial charge >= 0.3 is 0 Å². The highest BCUT2D eigenvalue weighted by Crippen LogP contribution is 2.20. The Morgan fingerprint density at radius 3 is 3.05 bits per heavy atom. The number of nitrogens with one attached hydrogen (secondary N) is 1. The van der Waals surface area contributed by atoms with E-state index in [0.717, 1.165) is 5.75 Å². The van der Waals surface area contributed by atoms with E-state index in [1.165, 1.54) is 22.5 Å². The molecule has 1 aliphatic heterocycles. The van der Waals surface area contributed by atoms with Crippen molar-refractivity contribution in [2.45, 2.75) is 24.2 Å². The summed E-state index contributed by atoms with van der Waals surface area (Å²) in [5.41, 5.74) is 4.83. The molecule has 2 rings (SSSR count). The van der Waals surface area contributed by atoms with Gasteiger partial charge in [0.2, 0.25) is 5.91 Å². The smallest absolute Gasteiger partial charge is 0.267 e. The fraction of sp³-hybridized carbons (Fsp3) is 0.500. The van der Waals surface area contributed by atoms with Crippen molar-refractivity contribution in [2.75, 3.05) is 17.8 Å². The summed E-state index contributed by atoms with van der Waals surface area (Å²) in [5, 5.41) is 3.13. The third-order valence-electron chi connectivity index (χ3n) is 3.06. The Labute approximate surface area is 130 Å². The van der Waals surface area contributed by atoms with E-state index in [9.17, 15) is 14.4 Å². The monoisotopic (exact) mass is 328 g/mol. The van der Waals surface area contributed by atoms with Crippen molar-refractivity contribution in [1.29, 1.82) is 0 Å². The highest BCUT2D eigenvalue weighted by atomic mass is 32.2. The Hall–Kier alpha value is -1.48. The van der Waals surface area contributed by atoms with Gasteiger partial charge in [-0.05, 0) is 18.4 Å². The quantitative estimate of drug-likeness (QED) is 0.694. The number of nitrogens with zero attached hydrogens (tertiary/aromatic N) is 2. The molecule has 0 radical (unpaired) electrons. The van der Waals surface area contributed by atoms with Gasteiger partial charge in [0.1, 0.15) is 11.6 Å². The molecule has 0 unspecified atom stereocenters. The Morgan fingerprint density at radius 2 is 2.38 bits per heavy atom. The van der Waals surface area contributed by atoms with Crippen LogP contribution in [-0.2, 0) is 11.3 Å². The first kappa shape index (κ1) is 15.9. The molecule has 21 heavy (non-hydrogen) atoms. The van der Waals surface area contributed by atoms with Crippen LogP contribution in [0.4, 0.5) is 0 Å². The molecule has 0 saturated heterocycles. The van der Waals surface area contributed by atoms with Crippen molar-refractivity contribution in [2.24, 2.45) is 5.73 Å². The zero-order chi connectivity index (χ0) is 15.4. The summed E-state index contributed by atoms with van der Waals surface area (Å²) in [6.45, 7) is 0.540. The molecule has 114 valence electrons. The minimum atomic E-state index is -0.781. The number of rotatable bonds is 6. The van der Waals surface area contributed by atoms with Crippen LogP contribution in [0.1, 0.15) is 16.8 Å². The number of carbonyl (C=O) groups is 2. The third-order valence-corrected chi connectivity index (χ3v) is 4.68. The molecular formula is C12H16N4O3S2. The number of fused-ring (bicyclic) bond motifs is 1. The maximum absolute atomic E-state index is 12.2. The molecule has 0 spiro atoms. The fourth-order valence-electron chi connectivity index (χ4n) is 1.93. The van der Waals surface area contributed by atoms with Crippen LogP contribution in [0, 0.1) is 0 Å². The summed E-state index contributed by atoms with van der Waals surface area (Å²) < 4.78 is 1.47. The van der Waals surface area contributed by atoms with Crippen LogP contribution < -0.4 is 16.6 Å². The van der Waals surface area contributed by atoms with Crippen LogP contribution in [-0.4, -0.2) is 45.2 Å². The van der Waals surface area contributed by atoms with Crippen molar-refractivity contribution >= 4 is 35.3 Å². The number of hydrogen-bond donors (Lipinski definition) is 2. The highest BCUT2D eigenvalue weighted by Gasteiger charge is 2.23. The Balaban J connectivity index is 2.16. The van der Waals surface area contributed by atoms with E-state index in [2.05, 4.69) is 10.3 Å². The van der Waals surface area contributed by atoms with E-state index >= 15 is 0 Å². The zero-order valence-electron chi connectivity index (χ0n) is 11.5. The molecular weight excluding hydrogens is 312 g/mol. The SMILES string of the molecule is CSCC[C@H](NC(=O)c1cnc2n(c1=O)CCS2)C(N)=O. The van der Waals surface area contributed by atoms with Crippen LogP contribution in [0.25, 0.3) is 0 Å². The van der Waals surface area contributed by atoms with Crippen LogP contribution in [0.15, 0.2) is 16.1 Å². The maximum atomic E-state index is 12.2. The number of aromatic nitrogens is 2. The summed E-state index contributed by atoms with van der Waals surface area (Å²) >= 11 is 3.03. The van der Waals surface area contributed by atoms with Gasteiger partial charge in [-0.3, -0.25) is 19.0 Å². The summed E-state index contributed by atoms with van der Waals surface area (Å²) in [7, 11) is 0. The topological polar surface area (TPSA) is 107 Å². The predicted molar refractivity (Wildman–Crippen MR) is 82.7 cm³/mol. The molecule has 0 fully saturated rings. The van der Waals surface area contributed by atoms with Gasteiger partial charge in [0.25, 0.3) is 11.5 Å². The number of carbonyl (C=O) groups excluding carboxylic acids is 2. The lowest BCUT2D eigenvalue weighted by atomic mass is 10.2. The molecule has 0 bridgehead atoms. The normalized spacial score (nSPS) is 14.5. The molecule has 9 heteroatoms. The van der Waals surface area contributed by atoms with E-state index in [1.54, 1.807) is 11.8 Å². The maximum Gasteiger partial charge on any atom is 0.267 e. The average Bonchev–Trinajstić information content (AvgIpc) is 2.92. The third kappa shape index (κ3) is 3.59. The van der Waals surface area contributed by atoms with Gasteiger partial charge in [-0.15, -0.1) is 0 Å². The van der Waals surface area contributed by atoms with Gasteiger partial charge in [-0.2, -0.15) is 11.8 Å². The number of hydrogen-bond acceptors (Lipinski definition) is 6. The van der Waals surface area contributed by atoms with E-state index < -0.39 is 17.9 Å². The van der Waals surface area contributed by atoms with E-state index in [1.807, 2.05) is 6.26 Å². The minimum absolute atomic E-state index is 0.0587. The zero-order valence-corrected chi connectivity index (χ0v) is 13.1. The van der Waals surface area contributed by atoms with Gasteiger partial charge in [-0.25, -0.2) is 4.98 Å². The Kier molecular flexibility index (Phi) is 5.29. The summed E-state index contributed by atoms with van der Waals surface area (Å²) in [5.74, 6) is 0.239. The molecule has 1 aromatic heterocycles. The van der Waals surface area contributed by atoms with Crippen LogP contribution in [0.3, 0.4) is 0 Å². The first-order valence-electron chi connectivity index (χ1n) is 6.36. The molecule has 1 aromatic rings. The molecule has 7 nitrogen and oxygen atoms in total. The molecule has 3 N–H and O–H groups in total. The lowest BCUT2D eigenvalue weighted by molar-refractivity contribution is -0.119. The second kappa shape index (κ2) is 6.99. The highest BCUT2D eigenvalue weighted by molar-refractivity contribution is 7.99. The molecule has 2 heterocycles. The fourth-order valence-corrected chi connectivity index (χ4v) is 3.32.